The van der Waals surface area contributed by atoms with Gasteiger partial charge in [-0.3, -0.25) is 18.1 Å². The molecule has 0 aromatic carbocycles. The minimum atomic E-state index is -5.67. The second kappa shape index (κ2) is 16.5. The predicted octanol–water partition coefficient (Wildman–Crippen LogP) is -4.89. The van der Waals surface area contributed by atoms with Crippen LogP contribution in [-0.4, -0.2) is 204 Å². The Morgan fingerprint density at radius 1 is 0.406 bits per heavy atom. The normalized spacial score (nSPS) is 28.9. The molecule has 0 saturated heterocycles. The molecule has 0 aromatic heterocycles. The topological polar surface area (TPSA) is 308 Å². The molecule has 1 aliphatic rings. The average Bonchev–Trinajstić information content (AvgIpc) is 2.39. The van der Waals surface area contributed by atoms with E-state index in [2.05, 4.69) is 18.1 Å². The fourth-order valence-electron chi connectivity index (χ4n) is 2.27. The van der Waals surface area contributed by atoms with Crippen molar-refractivity contribution in [3.05, 3.63) is 0 Å². The van der Waals surface area contributed by atoms with Crippen molar-refractivity contribution in [1.29, 1.82) is 0 Å². The number of hydrogen-bond donors (Lipinski definition) is 10. The van der Waals surface area contributed by atoms with E-state index < -0.39 is 67.9 Å². The fraction of sp³-hybridized carbons (Fsp3) is 1.00. The van der Waals surface area contributed by atoms with Gasteiger partial charge in [-0.15, -0.1) is 0 Å². The zero-order chi connectivity index (χ0) is 22.3. The van der Waals surface area contributed by atoms with E-state index in [1.165, 1.54) is 0 Å². The first-order chi connectivity index (χ1) is 12.2. The Morgan fingerprint density at radius 3 is 0.719 bits per heavy atom. The number of aliphatic hydroxyl groups is 2. The molecule has 0 aliphatic heterocycles. The average molecular weight is 592 g/mol. The minimum Gasteiger partial charge on any atom is -0.387 e. The molecule has 0 heterocycles. The molecule has 4 radical (unpaired) electrons. The van der Waals surface area contributed by atoms with Crippen LogP contribution in [0.15, 0.2) is 0 Å². The Balaban J connectivity index is -0.000000980. The summed E-state index contributed by atoms with van der Waals surface area (Å²) in [5.41, 5.74) is 0. The van der Waals surface area contributed by atoms with Crippen LogP contribution in [0.5, 0.6) is 0 Å². The van der Waals surface area contributed by atoms with Crippen molar-refractivity contribution in [1.82, 2.24) is 0 Å². The monoisotopic (exact) mass is 592 g/mol. The van der Waals surface area contributed by atoms with E-state index >= 15 is 0 Å². The van der Waals surface area contributed by atoms with Crippen LogP contribution in [0.3, 0.4) is 0 Å². The van der Waals surface area contributed by atoms with Gasteiger partial charge < -0.3 is 49.4 Å². The second-order valence-corrected chi connectivity index (χ2v) is 9.99. The zero-order valence-corrected chi connectivity index (χ0v) is 28.6. The standard InChI is InChI=1S/C6H16O18P4.4Na/c7-1-2(8)4(22-26(12,13)14)6(24-28(18,19)20)5(23-27(15,16)17)3(1)21-25(9,10)11;;;;/h1-8H,(H2,9,10,11)(H2,12,13,14)(H2,15,16,17)(H2,18,19,20);;;;. The zero-order valence-electron chi connectivity index (χ0n) is 17.0. The van der Waals surface area contributed by atoms with Gasteiger partial charge in [0.2, 0.25) is 0 Å². The summed E-state index contributed by atoms with van der Waals surface area (Å²) in [6, 6.07) is 0. The Labute approximate surface area is 268 Å². The largest absolute Gasteiger partial charge is 0.470 e. The van der Waals surface area contributed by atoms with Crippen LogP contribution in [0.25, 0.3) is 0 Å². The van der Waals surface area contributed by atoms with Crippen LogP contribution in [0.4, 0.5) is 0 Å². The van der Waals surface area contributed by atoms with Gasteiger partial charge in [0.1, 0.15) is 36.6 Å². The molecular formula is C6H16Na4O18P4. The molecule has 1 saturated carbocycles. The van der Waals surface area contributed by atoms with Crippen molar-refractivity contribution >= 4 is 150 Å². The number of aliphatic hydroxyl groups excluding tert-OH is 2. The quantitative estimate of drug-likeness (QED) is 0.0933. The van der Waals surface area contributed by atoms with E-state index in [1.54, 1.807) is 0 Å². The van der Waals surface area contributed by atoms with Crippen LogP contribution >= 0.6 is 31.3 Å². The maximum atomic E-state index is 11.1. The maximum Gasteiger partial charge on any atom is 0.470 e. The molecule has 0 aromatic rings. The summed E-state index contributed by atoms with van der Waals surface area (Å²) in [5, 5.41) is 19.8. The number of phosphoric ester groups is 4. The van der Waals surface area contributed by atoms with E-state index in [4.69, 9.17) is 39.1 Å². The SMILES string of the molecule is O=P(O)(O)OC1C(O)C(O)C(OP(=O)(O)O)C(OP(=O)(O)O)C1OP(=O)(O)O.[Na].[Na].[Na].[Na]. The third kappa shape index (κ3) is 16.4. The summed E-state index contributed by atoms with van der Waals surface area (Å²) < 4.78 is 60.6. The number of hydrogen-bond acceptors (Lipinski definition) is 10. The van der Waals surface area contributed by atoms with E-state index in [1.807, 2.05) is 0 Å². The second-order valence-electron chi connectivity index (χ2n) is 5.22. The van der Waals surface area contributed by atoms with Gasteiger partial charge in [-0.05, 0) is 0 Å². The van der Waals surface area contributed by atoms with Gasteiger partial charge in [0, 0.05) is 118 Å². The molecule has 10 N–H and O–H groups in total. The van der Waals surface area contributed by atoms with Crippen LogP contribution in [0.2, 0.25) is 0 Å². The number of rotatable bonds is 8. The molecule has 1 aliphatic carbocycles. The summed E-state index contributed by atoms with van der Waals surface area (Å²) >= 11 is 0. The maximum absolute atomic E-state index is 11.1. The smallest absolute Gasteiger partial charge is 0.387 e. The first-order valence-electron chi connectivity index (χ1n) is 6.52. The predicted molar refractivity (Wildman–Crippen MR) is 103 cm³/mol. The van der Waals surface area contributed by atoms with Gasteiger partial charge in [-0.25, -0.2) is 18.3 Å². The molecule has 0 amide bonds. The summed E-state index contributed by atoms with van der Waals surface area (Å²) in [6.07, 6.45) is -15.9. The van der Waals surface area contributed by atoms with E-state index in [0.717, 1.165) is 0 Å². The summed E-state index contributed by atoms with van der Waals surface area (Å²) in [7, 11) is -22.5. The van der Waals surface area contributed by atoms with Gasteiger partial charge in [-0.2, -0.15) is 0 Å². The van der Waals surface area contributed by atoms with Crippen LogP contribution < -0.4 is 0 Å². The molecule has 172 valence electrons. The van der Waals surface area contributed by atoms with E-state index in [-0.39, 0.29) is 118 Å². The third-order valence-corrected chi connectivity index (χ3v) is 5.10. The molecule has 26 heteroatoms. The summed E-state index contributed by atoms with van der Waals surface area (Å²) in [6.45, 7) is 0. The molecule has 1 rings (SSSR count). The van der Waals surface area contributed by atoms with E-state index in [0.29, 0.717) is 0 Å². The van der Waals surface area contributed by atoms with E-state index in [9.17, 15) is 28.5 Å². The van der Waals surface area contributed by atoms with Crippen LogP contribution in [-0.2, 0) is 36.4 Å². The van der Waals surface area contributed by atoms with Crippen molar-refractivity contribution in [2.75, 3.05) is 0 Å². The first-order valence-corrected chi connectivity index (χ1v) is 12.6. The van der Waals surface area contributed by atoms with Crippen LogP contribution in [0.1, 0.15) is 0 Å². The minimum absolute atomic E-state index is 0. The molecule has 6 atom stereocenters. The fourth-order valence-corrected chi connectivity index (χ4v) is 4.51. The Bertz CT molecular complexity index is 682. The van der Waals surface area contributed by atoms with Crippen molar-refractivity contribution in [3.63, 3.8) is 0 Å². The molecule has 1 fully saturated rings. The molecule has 32 heavy (non-hydrogen) atoms. The van der Waals surface area contributed by atoms with Gasteiger partial charge in [-0.1, -0.05) is 0 Å². The van der Waals surface area contributed by atoms with Crippen LogP contribution in [0, 0.1) is 0 Å². The summed E-state index contributed by atoms with van der Waals surface area (Å²) in [4.78, 5) is 71.1. The van der Waals surface area contributed by atoms with Gasteiger partial charge in [0.15, 0.2) is 0 Å². The van der Waals surface area contributed by atoms with Crippen molar-refractivity contribution in [2.45, 2.75) is 36.6 Å². The van der Waals surface area contributed by atoms with Crippen molar-refractivity contribution in [2.24, 2.45) is 0 Å². The molecule has 0 spiro atoms. The van der Waals surface area contributed by atoms with Gasteiger partial charge >= 0.3 is 31.3 Å². The van der Waals surface area contributed by atoms with Gasteiger partial charge in [0.25, 0.3) is 0 Å². The Morgan fingerprint density at radius 2 is 0.562 bits per heavy atom. The molecule has 18 nitrogen and oxygen atoms in total. The number of phosphoric acid groups is 4. The van der Waals surface area contributed by atoms with Crippen molar-refractivity contribution < 1.29 is 85.7 Å². The first kappa shape index (κ1) is 43.4. The third-order valence-electron chi connectivity index (χ3n) is 3.03. The van der Waals surface area contributed by atoms with Crippen molar-refractivity contribution in [3.8, 4) is 0 Å². The van der Waals surface area contributed by atoms with Gasteiger partial charge in [0.05, 0.1) is 0 Å². The Hall–Kier alpha value is 4.36. The Kier molecular flexibility index (Phi) is 22.3. The molecular weight excluding hydrogens is 576 g/mol. The molecule has 0 bridgehead atoms. The summed E-state index contributed by atoms with van der Waals surface area (Å²) in [5.74, 6) is 0. The molecule has 6 unspecified atom stereocenters.